The second-order valence-corrected chi connectivity index (χ2v) is 5.93. The average Bonchev–Trinajstić information content (AvgIpc) is 3.20. The van der Waals surface area contributed by atoms with Crippen LogP contribution in [0.15, 0.2) is 0 Å². The van der Waals surface area contributed by atoms with Gasteiger partial charge >= 0.3 is 0 Å². The molecule has 0 aliphatic heterocycles. The molecule has 1 aromatic rings. The molecule has 1 aliphatic rings. The fourth-order valence-electron chi connectivity index (χ4n) is 2.13. The van der Waals surface area contributed by atoms with E-state index in [1.165, 1.54) is 4.68 Å². The molecule has 1 aliphatic carbocycles. The Morgan fingerprint density at radius 3 is 2.64 bits per heavy atom. The van der Waals surface area contributed by atoms with E-state index in [1.54, 1.807) is 0 Å². The molecule has 9 heteroatoms. The molecular formula is C13H15Cl2F2N3O2. The first-order chi connectivity index (χ1) is 10.4. The lowest BCUT2D eigenvalue weighted by atomic mass is 10.2. The molecule has 0 aromatic carbocycles. The van der Waals surface area contributed by atoms with E-state index >= 15 is 0 Å². The van der Waals surface area contributed by atoms with Crippen LogP contribution in [0, 0.1) is 0 Å². The Hall–Kier alpha value is -1.21. The number of carbonyl (C=O) groups is 2. The second kappa shape index (κ2) is 7.37. The van der Waals surface area contributed by atoms with Crippen LogP contribution in [0.3, 0.4) is 0 Å². The van der Waals surface area contributed by atoms with E-state index in [1.807, 2.05) is 0 Å². The maximum absolute atomic E-state index is 12.9. The molecule has 0 saturated heterocycles. The van der Waals surface area contributed by atoms with Crippen LogP contribution >= 0.6 is 23.2 Å². The standard InChI is InChI=1S/C13H15Cl2F2N3O2/c14-8(21)2-1-5-18-9(22)6-20-12(7-3-4-7)10(15)11(19-20)13(16)17/h7,13H,1-6H2,(H,18,22). The Morgan fingerprint density at radius 1 is 1.41 bits per heavy atom. The molecule has 1 N–H and O–H groups in total. The lowest BCUT2D eigenvalue weighted by Crippen LogP contribution is -2.29. The van der Waals surface area contributed by atoms with E-state index in [2.05, 4.69) is 10.4 Å². The van der Waals surface area contributed by atoms with E-state index in [0.29, 0.717) is 12.1 Å². The zero-order valence-electron chi connectivity index (χ0n) is 11.6. The van der Waals surface area contributed by atoms with Gasteiger partial charge in [-0.15, -0.1) is 0 Å². The zero-order chi connectivity index (χ0) is 16.3. The summed E-state index contributed by atoms with van der Waals surface area (Å²) in [6.45, 7) is 0.111. The topological polar surface area (TPSA) is 64.0 Å². The van der Waals surface area contributed by atoms with Crippen LogP contribution in [-0.4, -0.2) is 27.5 Å². The van der Waals surface area contributed by atoms with Gasteiger partial charge in [0.15, 0.2) is 0 Å². The largest absolute Gasteiger partial charge is 0.354 e. The van der Waals surface area contributed by atoms with E-state index in [9.17, 15) is 18.4 Å². The van der Waals surface area contributed by atoms with E-state index in [4.69, 9.17) is 23.2 Å². The molecule has 1 aromatic heterocycles. The maximum atomic E-state index is 12.9. The normalized spacial score (nSPS) is 14.4. The van der Waals surface area contributed by atoms with Crippen molar-refractivity contribution in [3.05, 3.63) is 16.4 Å². The Morgan fingerprint density at radius 2 is 2.09 bits per heavy atom. The number of nitrogens with one attached hydrogen (secondary N) is 1. The van der Waals surface area contributed by atoms with Crippen LogP contribution in [0.5, 0.6) is 0 Å². The summed E-state index contributed by atoms with van der Waals surface area (Å²) in [4.78, 5) is 22.4. The number of amides is 1. The Kier molecular flexibility index (Phi) is 5.74. The minimum absolute atomic E-state index is 0.0435. The summed E-state index contributed by atoms with van der Waals surface area (Å²) in [6, 6.07) is 0. The van der Waals surface area contributed by atoms with Crippen molar-refractivity contribution in [2.45, 2.75) is 44.6 Å². The molecule has 1 fully saturated rings. The molecular weight excluding hydrogens is 339 g/mol. The Balaban J connectivity index is 1.98. The van der Waals surface area contributed by atoms with Gasteiger partial charge in [0.05, 0.1) is 10.7 Å². The average molecular weight is 354 g/mol. The fraction of sp³-hybridized carbons (Fsp3) is 0.615. The third-order valence-corrected chi connectivity index (χ3v) is 3.87. The second-order valence-electron chi connectivity index (χ2n) is 5.13. The third kappa shape index (κ3) is 4.39. The molecule has 0 atom stereocenters. The van der Waals surface area contributed by atoms with E-state index in [-0.39, 0.29) is 36.4 Å². The highest BCUT2D eigenvalue weighted by atomic mass is 35.5. The fourth-order valence-corrected chi connectivity index (χ4v) is 2.63. The molecule has 0 spiro atoms. The summed E-state index contributed by atoms with van der Waals surface area (Å²) >= 11 is 11.1. The summed E-state index contributed by atoms with van der Waals surface area (Å²) in [5.74, 6) is -0.280. The Bertz CT molecular complexity index is 574. The number of carbonyl (C=O) groups excluding carboxylic acids is 2. The van der Waals surface area contributed by atoms with Gasteiger partial charge in [0, 0.05) is 18.9 Å². The highest BCUT2D eigenvalue weighted by Gasteiger charge is 2.34. The molecule has 5 nitrogen and oxygen atoms in total. The van der Waals surface area contributed by atoms with Crippen molar-refractivity contribution in [2.75, 3.05) is 6.54 Å². The van der Waals surface area contributed by atoms with Crippen molar-refractivity contribution in [1.82, 2.24) is 15.1 Å². The summed E-state index contributed by atoms with van der Waals surface area (Å²) in [5, 5.41) is 5.84. The summed E-state index contributed by atoms with van der Waals surface area (Å²) in [5.41, 5.74) is 0.0205. The van der Waals surface area contributed by atoms with Crippen molar-refractivity contribution in [2.24, 2.45) is 0 Å². The molecule has 0 radical (unpaired) electrons. The van der Waals surface area contributed by atoms with Crippen molar-refractivity contribution in [1.29, 1.82) is 0 Å². The van der Waals surface area contributed by atoms with Crippen LogP contribution in [-0.2, 0) is 16.1 Å². The van der Waals surface area contributed by atoms with Crippen molar-refractivity contribution < 1.29 is 18.4 Å². The van der Waals surface area contributed by atoms with Crippen molar-refractivity contribution in [3.8, 4) is 0 Å². The van der Waals surface area contributed by atoms with Crippen LogP contribution < -0.4 is 5.32 Å². The number of aromatic nitrogens is 2. The SMILES string of the molecule is O=C(Cl)CCCNC(=O)Cn1nc(C(F)F)c(Cl)c1C1CC1. The van der Waals surface area contributed by atoms with Crippen LogP contribution in [0.25, 0.3) is 0 Å². The maximum Gasteiger partial charge on any atom is 0.283 e. The molecule has 2 rings (SSSR count). The molecule has 1 amide bonds. The summed E-state index contributed by atoms with van der Waals surface area (Å²) < 4.78 is 27.0. The first-order valence-corrected chi connectivity index (χ1v) is 7.65. The molecule has 22 heavy (non-hydrogen) atoms. The van der Waals surface area contributed by atoms with Gasteiger partial charge in [-0.1, -0.05) is 11.6 Å². The highest BCUT2D eigenvalue weighted by Crippen LogP contribution is 2.45. The zero-order valence-corrected chi connectivity index (χ0v) is 13.1. The van der Waals surface area contributed by atoms with Gasteiger partial charge in [0.25, 0.3) is 6.43 Å². The Labute approximate surface area is 135 Å². The first kappa shape index (κ1) is 17.1. The number of hydrogen-bond donors (Lipinski definition) is 1. The van der Waals surface area contributed by atoms with Crippen LogP contribution in [0.4, 0.5) is 8.78 Å². The van der Waals surface area contributed by atoms with E-state index < -0.39 is 17.4 Å². The monoisotopic (exact) mass is 353 g/mol. The smallest absolute Gasteiger partial charge is 0.283 e. The molecule has 1 saturated carbocycles. The van der Waals surface area contributed by atoms with Crippen LogP contribution in [0.1, 0.15) is 49.4 Å². The lowest BCUT2D eigenvalue weighted by Gasteiger charge is -2.07. The predicted molar refractivity (Wildman–Crippen MR) is 77.3 cm³/mol. The first-order valence-electron chi connectivity index (χ1n) is 6.89. The van der Waals surface area contributed by atoms with Crippen LogP contribution in [0.2, 0.25) is 5.02 Å². The van der Waals surface area contributed by atoms with Gasteiger partial charge in [0.2, 0.25) is 11.1 Å². The number of alkyl halides is 2. The number of hydrogen-bond acceptors (Lipinski definition) is 3. The number of halogens is 4. The minimum atomic E-state index is -2.77. The van der Waals surface area contributed by atoms with Crippen molar-refractivity contribution in [3.63, 3.8) is 0 Å². The van der Waals surface area contributed by atoms with Crippen molar-refractivity contribution >= 4 is 34.4 Å². The summed E-state index contributed by atoms with van der Waals surface area (Å²) in [6.07, 6.45) is -0.477. The van der Waals surface area contributed by atoms with Gasteiger partial charge in [0.1, 0.15) is 12.2 Å². The molecule has 0 bridgehead atoms. The van der Waals surface area contributed by atoms with Gasteiger partial charge in [-0.2, -0.15) is 5.10 Å². The predicted octanol–water partition coefficient (Wildman–Crippen LogP) is 3.01. The highest BCUT2D eigenvalue weighted by molar-refractivity contribution is 6.63. The molecule has 0 unspecified atom stereocenters. The number of rotatable bonds is 8. The van der Waals surface area contributed by atoms with E-state index in [0.717, 1.165) is 12.8 Å². The lowest BCUT2D eigenvalue weighted by molar-refractivity contribution is -0.122. The van der Waals surface area contributed by atoms with Gasteiger partial charge < -0.3 is 5.32 Å². The minimum Gasteiger partial charge on any atom is -0.354 e. The van der Waals surface area contributed by atoms with Gasteiger partial charge in [-0.3, -0.25) is 14.3 Å². The third-order valence-electron chi connectivity index (χ3n) is 3.29. The summed E-state index contributed by atoms with van der Waals surface area (Å²) in [7, 11) is 0. The van der Waals surface area contributed by atoms with Gasteiger partial charge in [-0.25, -0.2) is 8.78 Å². The number of nitrogens with zero attached hydrogens (tertiary/aromatic N) is 2. The quantitative estimate of drug-likeness (QED) is 0.577. The molecule has 1 heterocycles. The molecule has 122 valence electrons. The van der Waals surface area contributed by atoms with Gasteiger partial charge in [-0.05, 0) is 30.9 Å².